The van der Waals surface area contributed by atoms with E-state index in [9.17, 15) is 9.90 Å². The maximum Gasteiger partial charge on any atom is 0.259 e. The SMILES string of the molecule is COCC(C)(CCO)NCc1nc2sc3c(c2c(=O)[nH]1)CCC3. The van der Waals surface area contributed by atoms with E-state index in [-0.39, 0.29) is 17.7 Å². The number of ether oxygens (including phenoxy) is 1. The molecule has 3 N–H and O–H groups in total. The number of nitrogens with one attached hydrogen (secondary N) is 2. The Bertz CT molecular complexity index is 747. The van der Waals surface area contributed by atoms with E-state index in [0.717, 1.165) is 29.5 Å². The molecule has 3 rings (SSSR count). The van der Waals surface area contributed by atoms with Crippen LogP contribution in [0.1, 0.15) is 36.0 Å². The predicted octanol–water partition coefficient (Wildman–Crippen LogP) is 1.35. The number of aryl methyl sites for hydroxylation is 2. The van der Waals surface area contributed by atoms with Gasteiger partial charge in [0.15, 0.2) is 0 Å². The molecule has 0 fully saturated rings. The van der Waals surface area contributed by atoms with Crippen molar-refractivity contribution < 1.29 is 9.84 Å². The molecule has 2 aromatic rings. The minimum Gasteiger partial charge on any atom is -0.396 e. The van der Waals surface area contributed by atoms with Crippen LogP contribution in [0.3, 0.4) is 0 Å². The smallest absolute Gasteiger partial charge is 0.259 e. The molecule has 0 saturated carbocycles. The van der Waals surface area contributed by atoms with E-state index in [1.54, 1.807) is 18.4 Å². The normalized spacial score (nSPS) is 16.7. The highest BCUT2D eigenvalue weighted by atomic mass is 32.1. The summed E-state index contributed by atoms with van der Waals surface area (Å²) in [5, 5.41) is 13.3. The van der Waals surface area contributed by atoms with Crippen molar-refractivity contribution in [1.29, 1.82) is 0 Å². The first-order valence-corrected chi connectivity index (χ1v) is 8.76. The molecule has 0 bridgehead atoms. The topological polar surface area (TPSA) is 87.2 Å². The van der Waals surface area contributed by atoms with Crippen LogP contribution in [-0.2, 0) is 24.1 Å². The van der Waals surface area contributed by atoms with Gasteiger partial charge in [0.25, 0.3) is 5.56 Å². The summed E-state index contributed by atoms with van der Waals surface area (Å²) in [6, 6.07) is 0. The fourth-order valence-electron chi connectivity index (χ4n) is 3.20. The van der Waals surface area contributed by atoms with Crippen LogP contribution in [0.4, 0.5) is 0 Å². The van der Waals surface area contributed by atoms with Crippen LogP contribution in [-0.4, -0.2) is 40.9 Å². The molecule has 1 aliphatic rings. The van der Waals surface area contributed by atoms with E-state index in [4.69, 9.17) is 4.74 Å². The lowest BCUT2D eigenvalue weighted by atomic mass is 9.99. The van der Waals surface area contributed by atoms with Gasteiger partial charge in [-0.1, -0.05) is 0 Å². The van der Waals surface area contributed by atoms with Crippen molar-refractivity contribution in [2.24, 2.45) is 0 Å². The standard InChI is InChI=1S/C16H23N3O3S/c1-16(6-7-20,9-22-2)17-8-12-18-14(21)13-10-4-3-5-11(10)23-15(13)19-12/h17,20H,3-9H2,1-2H3,(H,18,19,21). The zero-order chi connectivity index (χ0) is 16.4. The minimum absolute atomic E-state index is 0.0400. The van der Waals surface area contributed by atoms with Gasteiger partial charge in [0, 0.05) is 24.1 Å². The van der Waals surface area contributed by atoms with E-state index in [2.05, 4.69) is 15.3 Å². The van der Waals surface area contributed by atoms with Gasteiger partial charge in [-0.2, -0.15) is 0 Å². The number of rotatable bonds is 7. The van der Waals surface area contributed by atoms with E-state index in [0.29, 0.717) is 25.4 Å². The van der Waals surface area contributed by atoms with Gasteiger partial charge in [-0.25, -0.2) is 4.98 Å². The van der Waals surface area contributed by atoms with Gasteiger partial charge in [0.05, 0.1) is 18.5 Å². The van der Waals surface area contributed by atoms with Crippen LogP contribution >= 0.6 is 11.3 Å². The molecule has 0 amide bonds. The van der Waals surface area contributed by atoms with Crippen molar-refractivity contribution in [1.82, 2.24) is 15.3 Å². The minimum atomic E-state index is -0.353. The fraction of sp³-hybridized carbons (Fsp3) is 0.625. The molecule has 7 heteroatoms. The second kappa shape index (κ2) is 6.68. The molecule has 0 aliphatic heterocycles. The molecule has 23 heavy (non-hydrogen) atoms. The summed E-state index contributed by atoms with van der Waals surface area (Å²) in [6.45, 7) is 2.98. The number of hydrogen-bond acceptors (Lipinski definition) is 6. The number of aromatic amines is 1. The Morgan fingerprint density at radius 2 is 2.30 bits per heavy atom. The van der Waals surface area contributed by atoms with Crippen molar-refractivity contribution in [2.75, 3.05) is 20.3 Å². The number of aliphatic hydroxyl groups is 1. The Morgan fingerprint density at radius 3 is 3.04 bits per heavy atom. The maximum atomic E-state index is 12.4. The molecule has 0 spiro atoms. The Kier molecular flexibility index (Phi) is 4.82. The Balaban J connectivity index is 1.82. The molecule has 1 aliphatic carbocycles. The third-order valence-corrected chi connectivity index (χ3v) is 5.62. The van der Waals surface area contributed by atoms with E-state index in [1.807, 2.05) is 6.92 Å². The highest BCUT2D eigenvalue weighted by molar-refractivity contribution is 7.18. The Hall–Kier alpha value is -1.28. The quantitative estimate of drug-likeness (QED) is 0.710. The number of thiophene rings is 1. The van der Waals surface area contributed by atoms with Crippen molar-refractivity contribution in [3.8, 4) is 0 Å². The van der Waals surface area contributed by atoms with Crippen LogP contribution in [0.25, 0.3) is 10.2 Å². The largest absolute Gasteiger partial charge is 0.396 e. The van der Waals surface area contributed by atoms with Gasteiger partial charge in [-0.3, -0.25) is 4.79 Å². The van der Waals surface area contributed by atoms with Gasteiger partial charge in [0.2, 0.25) is 0 Å². The van der Waals surface area contributed by atoms with Gasteiger partial charge in [0.1, 0.15) is 10.7 Å². The van der Waals surface area contributed by atoms with E-state index in [1.165, 1.54) is 10.4 Å². The third kappa shape index (κ3) is 3.33. The lowest BCUT2D eigenvalue weighted by molar-refractivity contribution is 0.0965. The van der Waals surface area contributed by atoms with Gasteiger partial charge >= 0.3 is 0 Å². The number of aliphatic hydroxyl groups excluding tert-OH is 1. The summed E-state index contributed by atoms with van der Waals surface area (Å²) in [7, 11) is 1.64. The van der Waals surface area contributed by atoms with Crippen LogP contribution < -0.4 is 10.9 Å². The molecular formula is C16H23N3O3S. The Labute approximate surface area is 138 Å². The molecule has 6 nitrogen and oxygen atoms in total. The number of hydrogen-bond donors (Lipinski definition) is 3. The summed E-state index contributed by atoms with van der Waals surface area (Å²) >= 11 is 1.65. The summed E-state index contributed by atoms with van der Waals surface area (Å²) in [4.78, 5) is 22.1. The monoisotopic (exact) mass is 337 g/mol. The van der Waals surface area contributed by atoms with Crippen molar-refractivity contribution in [2.45, 2.75) is 44.7 Å². The zero-order valence-corrected chi connectivity index (χ0v) is 14.4. The average Bonchev–Trinajstić information content (AvgIpc) is 3.06. The molecular weight excluding hydrogens is 314 g/mol. The molecule has 126 valence electrons. The summed E-state index contributed by atoms with van der Waals surface area (Å²) in [5.41, 5.74) is 0.804. The highest BCUT2D eigenvalue weighted by Crippen LogP contribution is 2.34. The molecule has 0 aromatic carbocycles. The summed E-state index contributed by atoms with van der Waals surface area (Å²) in [5.74, 6) is 0.627. The van der Waals surface area contributed by atoms with Gasteiger partial charge in [-0.15, -0.1) is 11.3 Å². The summed E-state index contributed by atoms with van der Waals surface area (Å²) < 4.78 is 5.22. The molecule has 1 unspecified atom stereocenters. The Morgan fingerprint density at radius 1 is 1.48 bits per heavy atom. The van der Waals surface area contributed by atoms with Crippen LogP contribution in [0.2, 0.25) is 0 Å². The number of aromatic nitrogens is 2. The third-order valence-electron chi connectivity index (χ3n) is 4.43. The predicted molar refractivity (Wildman–Crippen MR) is 91.1 cm³/mol. The number of methoxy groups -OCH3 is 1. The van der Waals surface area contributed by atoms with E-state index >= 15 is 0 Å². The lowest BCUT2D eigenvalue weighted by Crippen LogP contribution is -2.47. The fourth-order valence-corrected chi connectivity index (χ4v) is 4.49. The van der Waals surface area contributed by atoms with Crippen LogP contribution in [0.5, 0.6) is 0 Å². The molecule has 2 heterocycles. The first kappa shape index (κ1) is 16.6. The van der Waals surface area contributed by atoms with Crippen molar-refractivity contribution >= 4 is 21.6 Å². The average molecular weight is 337 g/mol. The second-order valence-electron chi connectivity index (χ2n) is 6.37. The molecule has 0 saturated heterocycles. The molecule has 0 radical (unpaired) electrons. The highest BCUT2D eigenvalue weighted by Gasteiger charge is 2.24. The maximum absolute atomic E-state index is 12.4. The number of H-pyrrole nitrogens is 1. The van der Waals surface area contributed by atoms with Crippen LogP contribution in [0.15, 0.2) is 4.79 Å². The first-order valence-electron chi connectivity index (χ1n) is 7.94. The number of fused-ring (bicyclic) bond motifs is 3. The first-order chi connectivity index (χ1) is 11.1. The summed E-state index contributed by atoms with van der Waals surface area (Å²) in [6.07, 6.45) is 3.75. The lowest BCUT2D eigenvalue weighted by Gasteiger charge is -2.29. The van der Waals surface area contributed by atoms with Crippen LogP contribution in [0, 0.1) is 0 Å². The number of nitrogens with zero attached hydrogens (tertiary/aromatic N) is 1. The molecule has 1 atom stereocenters. The second-order valence-corrected chi connectivity index (χ2v) is 7.45. The van der Waals surface area contributed by atoms with Gasteiger partial charge < -0.3 is 20.1 Å². The van der Waals surface area contributed by atoms with Crippen molar-refractivity contribution in [3.05, 3.63) is 26.6 Å². The van der Waals surface area contributed by atoms with Crippen molar-refractivity contribution in [3.63, 3.8) is 0 Å². The van der Waals surface area contributed by atoms with E-state index < -0.39 is 0 Å². The molecule has 2 aromatic heterocycles. The zero-order valence-electron chi connectivity index (χ0n) is 13.6. The van der Waals surface area contributed by atoms with Gasteiger partial charge in [-0.05, 0) is 38.2 Å².